The van der Waals surface area contributed by atoms with Gasteiger partial charge >= 0.3 is 6.03 Å². The van der Waals surface area contributed by atoms with E-state index < -0.39 is 0 Å². The number of urea groups is 1. The summed E-state index contributed by atoms with van der Waals surface area (Å²) in [6.45, 7) is 0.791. The Labute approximate surface area is 152 Å². The number of rotatable bonds is 3. The molecule has 2 aromatic rings. The molecule has 2 amide bonds. The fourth-order valence-electron chi connectivity index (χ4n) is 3.99. The van der Waals surface area contributed by atoms with Crippen molar-refractivity contribution in [1.29, 1.82) is 0 Å². The number of hydrogen-bond donors (Lipinski definition) is 1. The van der Waals surface area contributed by atoms with E-state index in [1.165, 1.54) is 37.7 Å². The van der Waals surface area contributed by atoms with Gasteiger partial charge in [0, 0.05) is 12.5 Å². The standard InChI is InChI=1S/C19H24N4OS/c24-19(23-13-7-12-16(23)14-8-3-1-4-9-14)20-18-22-21-17(25-18)15-10-5-2-6-11-15/h1,3-4,8-9,15-16H,2,5-7,10-13H2,(H,20,22,24). The number of nitrogens with one attached hydrogen (secondary N) is 1. The van der Waals surface area contributed by atoms with E-state index in [1.54, 1.807) is 11.3 Å². The Morgan fingerprint density at radius 1 is 1.04 bits per heavy atom. The van der Waals surface area contributed by atoms with Gasteiger partial charge in [0.15, 0.2) is 0 Å². The van der Waals surface area contributed by atoms with Gasteiger partial charge in [-0.05, 0) is 31.2 Å². The van der Waals surface area contributed by atoms with E-state index in [2.05, 4.69) is 27.6 Å². The van der Waals surface area contributed by atoms with Gasteiger partial charge in [-0.15, -0.1) is 10.2 Å². The Hall–Kier alpha value is -1.95. The predicted octanol–water partition coefficient (Wildman–Crippen LogP) is 4.95. The molecule has 2 fully saturated rings. The number of likely N-dealkylation sites (tertiary alicyclic amines) is 1. The molecule has 1 unspecified atom stereocenters. The normalized spacial score (nSPS) is 21.4. The summed E-state index contributed by atoms with van der Waals surface area (Å²) in [4.78, 5) is 14.7. The van der Waals surface area contributed by atoms with Crippen LogP contribution < -0.4 is 5.32 Å². The van der Waals surface area contributed by atoms with Crippen molar-refractivity contribution in [3.8, 4) is 0 Å². The van der Waals surface area contributed by atoms with Crippen molar-refractivity contribution in [2.24, 2.45) is 0 Å². The molecule has 0 radical (unpaired) electrons. The quantitative estimate of drug-likeness (QED) is 0.846. The highest BCUT2D eigenvalue weighted by atomic mass is 32.1. The second-order valence-corrected chi connectivity index (χ2v) is 7.98. The van der Waals surface area contributed by atoms with Gasteiger partial charge in [-0.25, -0.2) is 4.79 Å². The zero-order valence-corrected chi connectivity index (χ0v) is 15.2. The molecule has 1 saturated heterocycles. The van der Waals surface area contributed by atoms with E-state index in [-0.39, 0.29) is 12.1 Å². The first-order valence-electron chi connectivity index (χ1n) is 9.27. The number of nitrogens with zero attached hydrogens (tertiary/aromatic N) is 3. The molecular formula is C19H24N4OS. The van der Waals surface area contributed by atoms with Gasteiger partial charge < -0.3 is 4.90 Å². The van der Waals surface area contributed by atoms with Gasteiger partial charge in [-0.1, -0.05) is 60.9 Å². The van der Waals surface area contributed by atoms with Crippen molar-refractivity contribution in [3.63, 3.8) is 0 Å². The maximum atomic E-state index is 12.7. The summed E-state index contributed by atoms with van der Waals surface area (Å²) < 4.78 is 0. The van der Waals surface area contributed by atoms with Crippen LogP contribution in [0.15, 0.2) is 30.3 Å². The number of benzene rings is 1. The van der Waals surface area contributed by atoms with E-state index in [4.69, 9.17) is 0 Å². The highest BCUT2D eigenvalue weighted by Crippen LogP contribution is 2.36. The summed E-state index contributed by atoms with van der Waals surface area (Å²) in [6, 6.07) is 10.4. The zero-order valence-electron chi connectivity index (χ0n) is 14.4. The topological polar surface area (TPSA) is 58.1 Å². The smallest absolute Gasteiger partial charge is 0.317 e. The van der Waals surface area contributed by atoms with Crippen LogP contribution in [0.25, 0.3) is 0 Å². The first-order chi connectivity index (χ1) is 12.3. The fourth-order valence-corrected chi connectivity index (χ4v) is 4.90. The molecule has 132 valence electrons. The summed E-state index contributed by atoms with van der Waals surface area (Å²) in [6.07, 6.45) is 8.33. The molecule has 2 aliphatic rings. The van der Waals surface area contributed by atoms with E-state index in [9.17, 15) is 4.79 Å². The average molecular weight is 356 g/mol. The van der Waals surface area contributed by atoms with Crippen LogP contribution >= 0.6 is 11.3 Å². The minimum absolute atomic E-state index is 0.0577. The second-order valence-electron chi connectivity index (χ2n) is 6.97. The van der Waals surface area contributed by atoms with Crippen LogP contribution in [0.1, 0.15) is 67.5 Å². The molecule has 5 nitrogen and oxygen atoms in total. The van der Waals surface area contributed by atoms with Crippen molar-refractivity contribution < 1.29 is 4.79 Å². The summed E-state index contributed by atoms with van der Waals surface area (Å²) in [5.41, 5.74) is 1.20. The van der Waals surface area contributed by atoms with Gasteiger partial charge in [0.2, 0.25) is 5.13 Å². The Bertz CT molecular complexity index is 711. The minimum atomic E-state index is -0.0577. The van der Waals surface area contributed by atoms with Crippen LogP contribution in [-0.4, -0.2) is 27.7 Å². The number of carbonyl (C=O) groups is 1. The third-order valence-corrected chi connectivity index (χ3v) is 6.31. The van der Waals surface area contributed by atoms with E-state index >= 15 is 0 Å². The van der Waals surface area contributed by atoms with Gasteiger partial charge in [0.05, 0.1) is 6.04 Å². The molecule has 1 N–H and O–H groups in total. The minimum Gasteiger partial charge on any atom is -0.317 e. The monoisotopic (exact) mass is 356 g/mol. The lowest BCUT2D eigenvalue weighted by Gasteiger charge is -2.24. The third kappa shape index (κ3) is 3.68. The van der Waals surface area contributed by atoms with Crippen molar-refractivity contribution in [1.82, 2.24) is 15.1 Å². The molecule has 0 bridgehead atoms. The molecule has 4 rings (SSSR count). The third-order valence-electron chi connectivity index (χ3n) is 5.31. The van der Waals surface area contributed by atoms with Crippen LogP contribution in [0.2, 0.25) is 0 Å². The second kappa shape index (κ2) is 7.52. The Balaban J connectivity index is 1.42. The number of carbonyl (C=O) groups excluding carboxylic acids is 1. The van der Waals surface area contributed by atoms with E-state index in [1.807, 2.05) is 23.1 Å². The number of hydrogen-bond acceptors (Lipinski definition) is 4. The Kier molecular flexibility index (Phi) is 4.97. The van der Waals surface area contributed by atoms with E-state index in [0.29, 0.717) is 11.0 Å². The fraction of sp³-hybridized carbons (Fsp3) is 0.526. The lowest BCUT2D eigenvalue weighted by atomic mass is 9.90. The van der Waals surface area contributed by atoms with Crippen LogP contribution in [0.4, 0.5) is 9.93 Å². The molecule has 25 heavy (non-hydrogen) atoms. The highest BCUT2D eigenvalue weighted by Gasteiger charge is 2.30. The number of amides is 2. The summed E-state index contributed by atoms with van der Waals surface area (Å²) >= 11 is 1.54. The van der Waals surface area contributed by atoms with Crippen molar-refractivity contribution in [3.05, 3.63) is 40.9 Å². The number of aromatic nitrogens is 2. The lowest BCUT2D eigenvalue weighted by molar-refractivity contribution is 0.207. The molecule has 0 spiro atoms. The van der Waals surface area contributed by atoms with Gasteiger partial charge in [0.25, 0.3) is 0 Å². The predicted molar refractivity (Wildman–Crippen MR) is 99.9 cm³/mol. The molecule has 6 heteroatoms. The van der Waals surface area contributed by atoms with Crippen molar-refractivity contribution in [2.75, 3.05) is 11.9 Å². The SMILES string of the molecule is O=C(Nc1nnc(C2CCCCC2)s1)N1CCCC1c1ccccc1. The Morgan fingerprint density at radius 2 is 1.84 bits per heavy atom. The molecular weight excluding hydrogens is 332 g/mol. The molecule has 1 saturated carbocycles. The molecule has 2 heterocycles. The summed E-state index contributed by atoms with van der Waals surface area (Å²) in [5.74, 6) is 0.528. The molecule has 1 aliphatic heterocycles. The summed E-state index contributed by atoms with van der Waals surface area (Å²) in [5, 5.41) is 13.2. The zero-order chi connectivity index (χ0) is 17.1. The largest absolute Gasteiger partial charge is 0.324 e. The van der Waals surface area contributed by atoms with Crippen LogP contribution in [-0.2, 0) is 0 Å². The molecule has 1 aromatic carbocycles. The van der Waals surface area contributed by atoms with Crippen LogP contribution in [0.3, 0.4) is 0 Å². The highest BCUT2D eigenvalue weighted by molar-refractivity contribution is 7.15. The maximum Gasteiger partial charge on any atom is 0.324 e. The first kappa shape index (κ1) is 16.5. The molecule has 1 atom stereocenters. The van der Waals surface area contributed by atoms with Crippen molar-refractivity contribution >= 4 is 22.5 Å². The molecule has 1 aromatic heterocycles. The molecule has 1 aliphatic carbocycles. The van der Waals surface area contributed by atoms with Crippen molar-refractivity contribution in [2.45, 2.75) is 56.9 Å². The van der Waals surface area contributed by atoms with E-state index in [0.717, 1.165) is 24.4 Å². The van der Waals surface area contributed by atoms with Gasteiger partial charge in [0.1, 0.15) is 5.01 Å². The van der Waals surface area contributed by atoms with Gasteiger partial charge in [-0.2, -0.15) is 0 Å². The average Bonchev–Trinajstić information content (AvgIpc) is 3.33. The van der Waals surface area contributed by atoms with Crippen LogP contribution in [0, 0.1) is 0 Å². The van der Waals surface area contributed by atoms with Gasteiger partial charge in [-0.3, -0.25) is 5.32 Å². The summed E-state index contributed by atoms with van der Waals surface area (Å²) in [7, 11) is 0. The Morgan fingerprint density at radius 3 is 2.64 bits per heavy atom. The maximum absolute atomic E-state index is 12.7. The lowest BCUT2D eigenvalue weighted by Crippen LogP contribution is -2.34. The number of anilines is 1. The first-order valence-corrected chi connectivity index (χ1v) is 10.1. The van der Waals surface area contributed by atoms with Crippen LogP contribution in [0.5, 0.6) is 0 Å².